The highest BCUT2D eigenvalue weighted by Crippen LogP contribution is 2.33. The van der Waals surface area contributed by atoms with E-state index in [1.165, 1.54) is 0 Å². The van der Waals surface area contributed by atoms with Crippen LogP contribution < -0.4 is 11.1 Å². The summed E-state index contributed by atoms with van der Waals surface area (Å²) in [5.74, 6) is 0.543. The van der Waals surface area contributed by atoms with E-state index in [4.69, 9.17) is 10.8 Å². The smallest absolute Gasteiger partial charge is 0.223 e. The van der Waals surface area contributed by atoms with E-state index in [1.807, 2.05) is 23.9 Å². The van der Waals surface area contributed by atoms with Gasteiger partial charge >= 0.3 is 0 Å². The fourth-order valence-corrected chi connectivity index (χ4v) is 3.05. The summed E-state index contributed by atoms with van der Waals surface area (Å²) in [6.07, 6.45) is 5.56. The topological polar surface area (TPSA) is 123 Å². The van der Waals surface area contributed by atoms with E-state index in [-0.39, 0.29) is 5.54 Å². The number of pyridine rings is 1. The first kappa shape index (κ1) is 19.0. The Hall–Kier alpha value is -3.33. The van der Waals surface area contributed by atoms with E-state index in [0.717, 1.165) is 33.6 Å². The van der Waals surface area contributed by atoms with Gasteiger partial charge in [0.1, 0.15) is 5.69 Å². The fraction of sp³-hybridized carbons (Fsp3) is 0.350. The number of anilines is 1. The Morgan fingerprint density at radius 3 is 2.83 bits per heavy atom. The Kier molecular flexibility index (Phi) is 4.75. The molecule has 4 aromatic heterocycles. The zero-order chi connectivity index (χ0) is 20.6. The Bertz CT molecular complexity index is 1150. The van der Waals surface area contributed by atoms with Gasteiger partial charge in [0.25, 0.3) is 0 Å². The summed E-state index contributed by atoms with van der Waals surface area (Å²) in [6.45, 7) is 9.44. The van der Waals surface area contributed by atoms with Crippen LogP contribution in [-0.4, -0.2) is 48.0 Å². The number of hydrogen-bond donors (Lipinski definition) is 3. The highest BCUT2D eigenvalue weighted by Gasteiger charge is 2.21. The zero-order valence-corrected chi connectivity index (χ0v) is 17.1. The van der Waals surface area contributed by atoms with Crippen molar-refractivity contribution < 1.29 is 0 Å². The monoisotopic (exact) mass is 391 g/mol. The average Bonchev–Trinajstić information content (AvgIpc) is 3.31. The van der Waals surface area contributed by atoms with Crippen molar-refractivity contribution in [3.63, 3.8) is 0 Å². The molecule has 9 heteroatoms. The van der Waals surface area contributed by atoms with Crippen LogP contribution in [0.3, 0.4) is 0 Å². The van der Waals surface area contributed by atoms with Gasteiger partial charge in [-0.05, 0) is 39.8 Å². The lowest BCUT2D eigenvalue weighted by Crippen LogP contribution is -2.22. The van der Waals surface area contributed by atoms with Gasteiger partial charge < -0.3 is 11.1 Å². The van der Waals surface area contributed by atoms with E-state index in [1.54, 1.807) is 12.4 Å². The summed E-state index contributed by atoms with van der Waals surface area (Å²) in [4.78, 5) is 13.4. The molecule has 0 unspecified atom stereocenters. The van der Waals surface area contributed by atoms with Crippen LogP contribution in [0.1, 0.15) is 26.5 Å². The quantitative estimate of drug-likeness (QED) is 0.478. The molecule has 0 atom stereocenters. The second-order valence-electron chi connectivity index (χ2n) is 7.93. The summed E-state index contributed by atoms with van der Waals surface area (Å²) >= 11 is 0. The van der Waals surface area contributed by atoms with Crippen molar-refractivity contribution in [1.29, 1.82) is 0 Å². The minimum atomic E-state index is -0.177. The third kappa shape index (κ3) is 3.68. The number of nitrogens with two attached hydrogens (primary N) is 1. The van der Waals surface area contributed by atoms with E-state index < -0.39 is 0 Å². The van der Waals surface area contributed by atoms with Crippen LogP contribution >= 0.6 is 0 Å². The normalized spacial score (nSPS) is 11.9. The molecule has 4 N–H and O–H groups in total. The maximum Gasteiger partial charge on any atom is 0.223 e. The lowest BCUT2D eigenvalue weighted by Gasteiger charge is -2.18. The lowest BCUT2D eigenvalue weighted by molar-refractivity contribution is 0.356. The van der Waals surface area contributed by atoms with E-state index in [2.05, 4.69) is 57.3 Å². The predicted octanol–water partition coefficient (Wildman–Crippen LogP) is 2.71. The van der Waals surface area contributed by atoms with Crippen LogP contribution in [0, 0.1) is 6.92 Å². The Morgan fingerprint density at radius 2 is 2.07 bits per heavy atom. The second-order valence-corrected chi connectivity index (χ2v) is 7.93. The number of aromatic nitrogens is 7. The van der Waals surface area contributed by atoms with Gasteiger partial charge in [0.15, 0.2) is 5.65 Å². The molecule has 0 spiro atoms. The SMILES string of the molecule is Cc1[nH]nc2ncc(-c3nn(C(C)(C)C)cc3-c3ccnc(NCCN)n3)cc12. The van der Waals surface area contributed by atoms with Crippen molar-refractivity contribution in [2.45, 2.75) is 33.2 Å². The fourth-order valence-electron chi connectivity index (χ4n) is 3.05. The molecule has 150 valence electrons. The molecular formula is C20H25N9. The van der Waals surface area contributed by atoms with Crippen molar-refractivity contribution in [3.8, 4) is 22.5 Å². The van der Waals surface area contributed by atoms with Crippen molar-refractivity contribution in [1.82, 2.24) is 34.9 Å². The van der Waals surface area contributed by atoms with E-state index in [0.29, 0.717) is 24.7 Å². The van der Waals surface area contributed by atoms with Crippen LogP contribution in [-0.2, 0) is 5.54 Å². The van der Waals surface area contributed by atoms with Crippen molar-refractivity contribution in [2.24, 2.45) is 5.73 Å². The third-order valence-corrected chi connectivity index (χ3v) is 4.63. The number of H-pyrrole nitrogens is 1. The summed E-state index contributed by atoms with van der Waals surface area (Å²) < 4.78 is 1.96. The van der Waals surface area contributed by atoms with Gasteiger partial charge in [-0.25, -0.2) is 15.0 Å². The number of nitrogens with one attached hydrogen (secondary N) is 2. The Morgan fingerprint density at radius 1 is 1.24 bits per heavy atom. The zero-order valence-electron chi connectivity index (χ0n) is 17.1. The van der Waals surface area contributed by atoms with Crippen LogP contribution in [0.4, 0.5) is 5.95 Å². The molecule has 0 aromatic carbocycles. The third-order valence-electron chi connectivity index (χ3n) is 4.63. The van der Waals surface area contributed by atoms with Gasteiger partial charge in [0, 0.05) is 53.9 Å². The minimum Gasteiger partial charge on any atom is -0.353 e. The molecular weight excluding hydrogens is 366 g/mol. The lowest BCUT2D eigenvalue weighted by atomic mass is 10.1. The highest BCUT2D eigenvalue weighted by molar-refractivity contribution is 5.86. The van der Waals surface area contributed by atoms with Crippen LogP contribution in [0.2, 0.25) is 0 Å². The van der Waals surface area contributed by atoms with Crippen molar-refractivity contribution >= 4 is 17.0 Å². The number of aryl methyl sites for hydroxylation is 1. The molecule has 0 fully saturated rings. The summed E-state index contributed by atoms with van der Waals surface area (Å²) in [7, 11) is 0. The van der Waals surface area contributed by atoms with E-state index >= 15 is 0 Å². The predicted molar refractivity (Wildman–Crippen MR) is 113 cm³/mol. The molecule has 4 heterocycles. The first-order chi connectivity index (χ1) is 13.9. The van der Waals surface area contributed by atoms with E-state index in [9.17, 15) is 0 Å². The maximum absolute atomic E-state index is 5.58. The number of hydrogen-bond acceptors (Lipinski definition) is 7. The molecule has 0 aliphatic carbocycles. The molecule has 29 heavy (non-hydrogen) atoms. The standard InChI is InChI=1S/C20H25N9/c1-12-14-9-13(10-24-18(14)27-26-12)17-15(11-29(28-17)20(2,3)4)16-5-7-22-19(25-16)23-8-6-21/h5,7,9-11H,6,8,21H2,1-4H3,(H,22,23,25)(H,24,26,27). The number of aromatic amines is 1. The summed E-state index contributed by atoms with van der Waals surface area (Å²) in [6, 6.07) is 3.95. The van der Waals surface area contributed by atoms with Gasteiger partial charge in [0.2, 0.25) is 5.95 Å². The molecule has 9 nitrogen and oxygen atoms in total. The first-order valence-electron chi connectivity index (χ1n) is 9.55. The first-order valence-corrected chi connectivity index (χ1v) is 9.55. The molecule has 0 aliphatic heterocycles. The molecule has 4 rings (SSSR count). The van der Waals surface area contributed by atoms with Crippen LogP contribution in [0.5, 0.6) is 0 Å². The second kappa shape index (κ2) is 7.25. The highest BCUT2D eigenvalue weighted by atomic mass is 15.3. The number of nitrogens with zero attached hydrogens (tertiary/aromatic N) is 6. The van der Waals surface area contributed by atoms with Gasteiger partial charge in [-0.15, -0.1) is 0 Å². The van der Waals surface area contributed by atoms with Gasteiger partial charge in [-0.3, -0.25) is 9.78 Å². The summed E-state index contributed by atoms with van der Waals surface area (Å²) in [5.41, 5.74) is 10.5. The maximum atomic E-state index is 5.58. The molecule has 0 radical (unpaired) electrons. The summed E-state index contributed by atoms with van der Waals surface area (Å²) in [5, 5.41) is 16.2. The molecule has 0 amide bonds. The molecule has 4 aromatic rings. The molecule has 0 bridgehead atoms. The molecule has 0 aliphatic rings. The molecule has 0 saturated carbocycles. The van der Waals surface area contributed by atoms with Crippen LogP contribution in [0.15, 0.2) is 30.7 Å². The van der Waals surface area contributed by atoms with Gasteiger partial charge in [-0.2, -0.15) is 10.2 Å². The largest absolute Gasteiger partial charge is 0.353 e. The minimum absolute atomic E-state index is 0.177. The Balaban J connectivity index is 1.87. The molecule has 0 saturated heterocycles. The number of rotatable bonds is 5. The van der Waals surface area contributed by atoms with Crippen molar-refractivity contribution in [2.75, 3.05) is 18.4 Å². The Labute approximate surface area is 168 Å². The van der Waals surface area contributed by atoms with Crippen LogP contribution in [0.25, 0.3) is 33.5 Å². The van der Waals surface area contributed by atoms with Gasteiger partial charge in [-0.1, -0.05) is 0 Å². The van der Waals surface area contributed by atoms with Gasteiger partial charge in [0.05, 0.1) is 11.2 Å². The average molecular weight is 391 g/mol. The number of fused-ring (bicyclic) bond motifs is 1. The van der Waals surface area contributed by atoms with Crippen molar-refractivity contribution in [3.05, 3.63) is 36.4 Å².